The second-order valence-corrected chi connectivity index (χ2v) is 10.7. The first kappa shape index (κ1) is 30.4. The summed E-state index contributed by atoms with van der Waals surface area (Å²) in [7, 11) is 0. The first-order chi connectivity index (χ1) is 15.9. The third-order valence-electron chi connectivity index (χ3n) is 7.24. The van der Waals surface area contributed by atoms with Crippen molar-refractivity contribution >= 4 is 43.3 Å². The maximum absolute atomic E-state index is 2.46. The van der Waals surface area contributed by atoms with Crippen LogP contribution < -0.4 is 0 Å². The summed E-state index contributed by atoms with van der Waals surface area (Å²) in [6, 6.07) is 36.4. The van der Waals surface area contributed by atoms with Gasteiger partial charge in [0.05, 0.1) is 0 Å². The zero-order valence-corrected chi connectivity index (χ0v) is 25.1. The van der Waals surface area contributed by atoms with Gasteiger partial charge in [-0.3, -0.25) is 0 Å². The molecule has 1 unspecified atom stereocenters. The Balaban J connectivity index is 0.00000152. The van der Waals surface area contributed by atoms with E-state index < -0.39 is 0 Å². The van der Waals surface area contributed by atoms with Gasteiger partial charge in [0.25, 0.3) is 0 Å². The van der Waals surface area contributed by atoms with Crippen LogP contribution in [0.1, 0.15) is 51.4 Å². The predicted molar refractivity (Wildman–Crippen MR) is 157 cm³/mol. The molecule has 0 nitrogen and oxygen atoms in total. The minimum absolute atomic E-state index is 0. The Kier molecular flexibility index (Phi) is 9.91. The molecule has 0 heterocycles. The fourth-order valence-corrected chi connectivity index (χ4v) is 6.94. The van der Waals surface area contributed by atoms with Crippen LogP contribution in [0.25, 0.3) is 6.08 Å². The Morgan fingerprint density at radius 1 is 0.556 bits per heavy atom. The number of allylic oxidation sites excluding steroid dienone is 1. The smallest absolute Gasteiger partial charge is 0.147 e. The molecule has 0 bridgehead atoms. The van der Waals surface area contributed by atoms with Crippen molar-refractivity contribution in [2.45, 2.75) is 36.8 Å². The van der Waals surface area contributed by atoms with Crippen molar-refractivity contribution < 1.29 is 20.4 Å². The van der Waals surface area contributed by atoms with E-state index >= 15 is 0 Å². The maximum Gasteiger partial charge on any atom is -0.147 e. The molecule has 0 saturated heterocycles. The quantitative estimate of drug-likeness (QED) is 0.170. The minimum atomic E-state index is -0.385. The van der Waals surface area contributed by atoms with Gasteiger partial charge in [-0.25, -0.2) is 0 Å². The number of fused-ring (bicyclic) bond motifs is 1. The van der Waals surface area contributed by atoms with Gasteiger partial charge in [0.1, 0.15) is 0 Å². The summed E-state index contributed by atoms with van der Waals surface area (Å²) < 4.78 is -0.251. The van der Waals surface area contributed by atoms with Crippen LogP contribution in [-0.4, -0.2) is 0 Å². The van der Waals surface area contributed by atoms with Gasteiger partial charge in [0.15, 0.2) is 0 Å². The molecular weight excluding hydrogens is 539 g/mol. The molecule has 1 aliphatic rings. The summed E-state index contributed by atoms with van der Waals surface area (Å²) in [5, 5.41) is 0. The van der Waals surface area contributed by atoms with Crippen molar-refractivity contribution in [1.82, 2.24) is 0 Å². The molecule has 0 aromatic heterocycles. The molecule has 1 atom stereocenters. The first-order valence-electron chi connectivity index (χ1n) is 11.6. The van der Waals surface area contributed by atoms with Crippen LogP contribution in [0.15, 0.2) is 103 Å². The topological polar surface area (TPSA) is 0 Å². The monoisotopic (exact) mass is 569 g/mol. The standard InChI is InChI=1S/C32H29.3ClH.Ti/c1-22-10-7-14-27(18-22)32(28-15-8-11-23(2)19-28,29-16-9-12-24(3)20-29)31-25(4)21-26-13-5-6-17-30(26)31;;;;/h5-21H,1-4H3;3*1H;. The van der Waals surface area contributed by atoms with Crippen LogP contribution in [0, 0.1) is 20.8 Å². The number of hydrogen-bond acceptors (Lipinski definition) is 0. The van der Waals surface area contributed by atoms with Gasteiger partial charge >= 0.3 is 210 Å². The third kappa shape index (κ3) is 4.64. The summed E-state index contributed by atoms with van der Waals surface area (Å²) in [4.78, 5) is 0. The number of benzene rings is 4. The largest absolute Gasteiger partial charge is 0.147 e. The van der Waals surface area contributed by atoms with Gasteiger partial charge in [0.2, 0.25) is 0 Å². The van der Waals surface area contributed by atoms with E-state index in [-0.39, 0.29) is 46.4 Å². The summed E-state index contributed by atoms with van der Waals surface area (Å²) in [5.74, 6) is 0. The Morgan fingerprint density at radius 3 is 1.39 bits per heavy atom. The van der Waals surface area contributed by atoms with E-state index in [1.54, 1.807) is 0 Å². The van der Waals surface area contributed by atoms with Crippen LogP contribution in [-0.2, 0) is 29.6 Å². The third-order valence-corrected chi connectivity index (χ3v) is 8.87. The summed E-state index contributed by atoms with van der Waals surface area (Å²) >= 11 is 2.46. The zero-order valence-electron chi connectivity index (χ0n) is 21.0. The van der Waals surface area contributed by atoms with Crippen LogP contribution in [0.4, 0.5) is 0 Å². The van der Waals surface area contributed by atoms with Crippen LogP contribution in [0.5, 0.6) is 0 Å². The van der Waals surface area contributed by atoms with E-state index in [0.717, 1.165) is 0 Å². The molecule has 5 rings (SSSR count). The van der Waals surface area contributed by atoms with Gasteiger partial charge in [-0.2, -0.15) is 0 Å². The van der Waals surface area contributed by atoms with Crippen LogP contribution >= 0.6 is 37.2 Å². The molecule has 0 aliphatic heterocycles. The van der Waals surface area contributed by atoms with Gasteiger partial charge in [-0.1, -0.05) is 0 Å². The van der Waals surface area contributed by atoms with Crippen molar-refractivity contribution in [2.24, 2.45) is 0 Å². The molecule has 0 radical (unpaired) electrons. The molecule has 0 N–H and O–H groups in total. The average Bonchev–Trinajstić information content (AvgIpc) is 3.06. The Labute approximate surface area is 246 Å². The first-order valence-corrected chi connectivity index (χ1v) is 12.4. The molecule has 0 amide bonds. The minimum Gasteiger partial charge on any atom is -0.147 e. The van der Waals surface area contributed by atoms with E-state index in [0.29, 0.717) is 0 Å². The molecule has 1 aliphatic carbocycles. The fraction of sp³-hybridized carbons (Fsp3) is 0.188. The van der Waals surface area contributed by atoms with Crippen molar-refractivity contribution in [3.05, 3.63) is 147 Å². The van der Waals surface area contributed by atoms with Crippen LogP contribution in [0.2, 0.25) is 0 Å². The molecule has 0 fully saturated rings. The normalized spacial score (nSPS) is 16.0. The van der Waals surface area contributed by atoms with E-state index in [1.807, 2.05) is 0 Å². The molecule has 0 saturated carbocycles. The SMILES string of the molecule is CC1=Cc2ccccc2[C]1([Ti])C(c1cccc(C)c1)(c1cccc(C)c1)c1cccc(C)c1.Cl.Cl.Cl. The molecule has 4 aromatic carbocycles. The van der Waals surface area contributed by atoms with E-state index in [4.69, 9.17) is 0 Å². The van der Waals surface area contributed by atoms with Crippen molar-refractivity contribution in [2.75, 3.05) is 0 Å². The van der Waals surface area contributed by atoms with Crippen molar-refractivity contribution in [1.29, 1.82) is 0 Å². The fourth-order valence-electron chi connectivity index (χ4n) is 5.80. The van der Waals surface area contributed by atoms with Crippen LogP contribution in [0.3, 0.4) is 0 Å². The molecule has 4 aromatic rings. The molecule has 185 valence electrons. The van der Waals surface area contributed by atoms with Gasteiger partial charge < -0.3 is 0 Å². The van der Waals surface area contributed by atoms with Crippen molar-refractivity contribution in [3.8, 4) is 0 Å². The second kappa shape index (κ2) is 11.7. The molecule has 36 heavy (non-hydrogen) atoms. The van der Waals surface area contributed by atoms with E-state index in [9.17, 15) is 0 Å². The summed E-state index contributed by atoms with van der Waals surface area (Å²) in [5.41, 5.74) is 11.6. The maximum atomic E-state index is 2.46. The Bertz CT molecular complexity index is 1280. The molecular formula is C32H32Cl3Ti. The zero-order chi connectivity index (χ0) is 23.2. The number of halogens is 3. The summed E-state index contributed by atoms with van der Waals surface area (Å²) in [6.45, 7) is 8.92. The second-order valence-electron chi connectivity index (χ2n) is 9.52. The van der Waals surface area contributed by atoms with Crippen molar-refractivity contribution in [3.63, 3.8) is 0 Å². The van der Waals surface area contributed by atoms with E-state index in [1.165, 1.54) is 50.1 Å². The van der Waals surface area contributed by atoms with E-state index in [2.05, 4.69) is 151 Å². The molecule has 4 heteroatoms. The number of rotatable bonds is 4. The van der Waals surface area contributed by atoms with Gasteiger partial charge in [-0.05, 0) is 0 Å². The van der Waals surface area contributed by atoms with Gasteiger partial charge in [0, 0.05) is 0 Å². The number of aryl methyl sites for hydroxylation is 3. The Hall–Kier alpha value is -1.80. The predicted octanol–water partition coefficient (Wildman–Crippen LogP) is 9.07. The number of hydrogen-bond donors (Lipinski definition) is 0. The Morgan fingerprint density at radius 2 is 0.972 bits per heavy atom. The molecule has 0 spiro atoms. The summed E-state index contributed by atoms with van der Waals surface area (Å²) in [6.07, 6.45) is 2.39. The van der Waals surface area contributed by atoms with Gasteiger partial charge in [-0.15, -0.1) is 37.2 Å². The average molecular weight is 571 g/mol.